The molecule has 1 rings (SSSR count). The van der Waals surface area contributed by atoms with Crippen LogP contribution in [0, 0.1) is 6.92 Å². The first-order valence-electron chi connectivity index (χ1n) is 6.72. The Hall–Kier alpha value is -1.72. The fraction of sp³-hybridized carbons (Fsp3) is 0.533. The second kappa shape index (κ2) is 6.83. The largest absolute Gasteiger partial charge is 0.481 e. The number of hydrogen-bond acceptors (Lipinski definition) is 2. The maximum absolute atomic E-state index is 12.1. The number of amides is 1. The Labute approximate surface area is 122 Å². The molecule has 6 heteroatoms. The van der Waals surface area contributed by atoms with Gasteiger partial charge in [0, 0.05) is 0 Å². The molecular formula is C15H20F3NO2. The Kier molecular flexibility index (Phi) is 5.63. The third kappa shape index (κ3) is 5.65. The van der Waals surface area contributed by atoms with Crippen LogP contribution in [0.15, 0.2) is 18.2 Å². The minimum Gasteiger partial charge on any atom is -0.481 e. The van der Waals surface area contributed by atoms with Crippen LogP contribution in [0.3, 0.4) is 0 Å². The monoisotopic (exact) mass is 303 g/mol. The average molecular weight is 303 g/mol. The Balaban J connectivity index is 2.76. The molecule has 0 aliphatic heterocycles. The van der Waals surface area contributed by atoms with Crippen molar-refractivity contribution in [3.63, 3.8) is 0 Å². The summed E-state index contributed by atoms with van der Waals surface area (Å²) in [4.78, 5) is 11.6. The van der Waals surface area contributed by atoms with Crippen molar-refractivity contribution in [3.8, 4) is 5.75 Å². The molecule has 0 aliphatic carbocycles. The summed E-state index contributed by atoms with van der Waals surface area (Å²) in [5.41, 5.74) is 1.87. The standard InChI is InChI=1S/C15H20F3NO2/c1-9(2)12-6-5-10(3)7-13(12)21-11(4)14(20)19-8-15(16,17)18/h5-7,9,11H,8H2,1-4H3,(H,19,20). The van der Waals surface area contributed by atoms with Gasteiger partial charge in [-0.05, 0) is 37.0 Å². The summed E-state index contributed by atoms with van der Waals surface area (Å²) in [5.74, 6) is -0.0748. The van der Waals surface area contributed by atoms with Crippen molar-refractivity contribution in [2.24, 2.45) is 0 Å². The lowest BCUT2D eigenvalue weighted by Gasteiger charge is -2.19. The van der Waals surface area contributed by atoms with E-state index in [-0.39, 0.29) is 5.92 Å². The molecule has 1 aromatic carbocycles. The number of nitrogens with one attached hydrogen (secondary N) is 1. The number of carbonyl (C=O) groups excluding carboxylic acids is 1. The van der Waals surface area contributed by atoms with E-state index in [0.717, 1.165) is 11.1 Å². The number of carbonyl (C=O) groups is 1. The molecule has 1 unspecified atom stereocenters. The van der Waals surface area contributed by atoms with E-state index in [0.29, 0.717) is 5.75 Å². The van der Waals surface area contributed by atoms with Crippen LogP contribution in [0.25, 0.3) is 0 Å². The van der Waals surface area contributed by atoms with Gasteiger partial charge in [-0.15, -0.1) is 0 Å². The molecule has 0 bridgehead atoms. The van der Waals surface area contributed by atoms with Gasteiger partial charge in [0.2, 0.25) is 0 Å². The van der Waals surface area contributed by atoms with Gasteiger partial charge in [0.05, 0.1) is 0 Å². The van der Waals surface area contributed by atoms with Gasteiger partial charge in [0.15, 0.2) is 6.10 Å². The summed E-state index contributed by atoms with van der Waals surface area (Å²) >= 11 is 0. The molecule has 3 nitrogen and oxygen atoms in total. The third-order valence-corrected chi connectivity index (χ3v) is 2.93. The number of hydrogen-bond donors (Lipinski definition) is 1. The Morgan fingerprint density at radius 1 is 1.29 bits per heavy atom. The number of alkyl halides is 3. The molecule has 1 N–H and O–H groups in total. The predicted molar refractivity (Wildman–Crippen MR) is 74.4 cm³/mol. The highest BCUT2D eigenvalue weighted by Crippen LogP contribution is 2.28. The zero-order valence-electron chi connectivity index (χ0n) is 12.5. The van der Waals surface area contributed by atoms with Crippen molar-refractivity contribution in [3.05, 3.63) is 29.3 Å². The van der Waals surface area contributed by atoms with Gasteiger partial charge in [0.1, 0.15) is 12.3 Å². The van der Waals surface area contributed by atoms with Gasteiger partial charge in [-0.1, -0.05) is 26.0 Å². The first-order valence-corrected chi connectivity index (χ1v) is 6.72. The summed E-state index contributed by atoms with van der Waals surface area (Å²) in [6.45, 7) is 5.91. The van der Waals surface area contributed by atoms with Crippen LogP contribution in [-0.4, -0.2) is 24.7 Å². The van der Waals surface area contributed by atoms with Gasteiger partial charge >= 0.3 is 6.18 Å². The molecule has 21 heavy (non-hydrogen) atoms. The molecule has 118 valence electrons. The highest BCUT2D eigenvalue weighted by molar-refractivity contribution is 5.80. The highest BCUT2D eigenvalue weighted by Gasteiger charge is 2.29. The van der Waals surface area contributed by atoms with Gasteiger partial charge < -0.3 is 10.1 Å². The third-order valence-electron chi connectivity index (χ3n) is 2.93. The SMILES string of the molecule is Cc1ccc(C(C)C)c(OC(C)C(=O)NCC(F)(F)F)c1. The zero-order valence-corrected chi connectivity index (χ0v) is 12.5. The molecule has 1 amide bonds. The quantitative estimate of drug-likeness (QED) is 0.903. The average Bonchev–Trinajstić information content (AvgIpc) is 2.34. The Bertz CT molecular complexity index is 498. The molecule has 0 spiro atoms. The van der Waals surface area contributed by atoms with E-state index in [1.54, 1.807) is 6.07 Å². The van der Waals surface area contributed by atoms with Crippen molar-refractivity contribution in [2.75, 3.05) is 6.54 Å². The molecule has 0 aliphatic rings. The Morgan fingerprint density at radius 3 is 2.43 bits per heavy atom. The molecule has 0 radical (unpaired) electrons. The van der Waals surface area contributed by atoms with E-state index >= 15 is 0 Å². The summed E-state index contributed by atoms with van der Waals surface area (Å²) in [5, 5.41) is 1.82. The topological polar surface area (TPSA) is 38.3 Å². The molecular weight excluding hydrogens is 283 g/mol. The molecule has 1 atom stereocenters. The zero-order chi connectivity index (χ0) is 16.2. The van der Waals surface area contributed by atoms with Crippen LogP contribution in [0.5, 0.6) is 5.75 Å². The van der Waals surface area contributed by atoms with Crippen molar-refractivity contribution in [2.45, 2.75) is 45.9 Å². The van der Waals surface area contributed by atoms with E-state index in [1.807, 2.05) is 38.2 Å². The van der Waals surface area contributed by atoms with E-state index in [1.165, 1.54) is 6.92 Å². The lowest BCUT2D eigenvalue weighted by molar-refractivity contribution is -0.142. The van der Waals surface area contributed by atoms with Crippen LogP contribution in [0.4, 0.5) is 13.2 Å². The van der Waals surface area contributed by atoms with Crippen LogP contribution in [0.1, 0.15) is 37.8 Å². The highest BCUT2D eigenvalue weighted by atomic mass is 19.4. The minimum atomic E-state index is -4.43. The minimum absolute atomic E-state index is 0.186. The predicted octanol–water partition coefficient (Wildman–Crippen LogP) is 3.56. The number of ether oxygens (including phenoxy) is 1. The van der Waals surface area contributed by atoms with Crippen molar-refractivity contribution in [1.29, 1.82) is 0 Å². The Morgan fingerprint density at radius 2 is 1.90 bits per heavy atom. The fourth-order valence-corrected chi connectivity index (χ4v) is 1.80. The normalized spacial score (nSPS) is 13.1. The number of halogens is 3. The maximum atomic E-state index is 12.1. The van der Waals surface area contributed by atoms with E-state index in [4.69, 9.17) is 4.74 Å². The van der Waals surface area contributed by atoms with Gasteiger partial charge in [-0.3, -0.25) is 4.79 Å². The molecule has 0 fully saturated rings. The van der Waals surface area contributed by atoms with Crippen molar-refractivity contribution in [1.82, 2.24) is 5.32 Å². The van der Waals surface area contributed by atoms with Crippen molar-refractivity contribution >= 4 is 5.91 Å². The summed E-state index contributed by atoms with van der Waals surface area (Å²) < 4.78 is 41.8. The lowest BCUT2D eigenvalue weighted by atomic mass is 10.0. The van der Waals surface area contributed by atoms with Crippen LogP contribution in [0.2, 0.25) is 0 Å². The summed E-state index contributed by atoms with van der Waals surface area (Å²) in [6, 6.07) is 5.61. The van der Waals surface area contributed by atoms with Gasteiger partial charge in [-0.25, -0.2) is 0 Å². The van der Waals surface area contributed by atoms with E-state index in [2.05, 4.69) is 0 Å². The number of rotatable bonds is 5. The lowest BCUT2D eigenvalue weighted by Crippen LogP contribution is -2.41. The molecule has 0 heterocycles. The van der Waals surface area contributed by atoms with Crippen molar-refractivity contribution < 1.29 is 22.7 Å². The molecule has 0 aromatic heterocycles. The summed E-state index contributed by atoms with van der Waals surface area (Å²) in [6.07, 6.45) is -5.42. The fourth-order valence-electron chi connectivity index (χ4n) is 1.80. The first kappa shape index (κ1) is 17.3. The second-order valence-corrected chi connectivity index (χ2v) is 5.29. The van der Waals surface area contributed by atoms with Crippen LogP contribution >= 0.6 is 0 Å². The molecule has 0 saturated carbocycles. The molecule has 0 saturated heterocycles. The smallest absolute Gasteiger partial charge is 0.405 e. The molecule has 1 aromatic rings. The van der Waals surface area contributed by atoms with E-state index < -0.39 is 24.7 Å². The number of aryl methyl sites for hydroxylation is 1. The van der Waals surface area contributed by atoms with Crippen LogP contribution < -0.4 is 10.1 Å². The summed E-state index contributed by atoms with van der Waals surface area (Å²) in [7, 11) is 0. The second-order valence-electron chi connectivity index (χ2n) is 5.29. The maximum Gasteiger partial charge on any atom is 0.405 e. The van der Waals surface area contributed by atoms with Gasteiger partial charge in [-0.2, -0.15) is 13.2 Å². The van der Waals surface area contributed by atoms with Gasteiger partial charge in [0.25, 0.3) is 5.91 Å². The number of benzene rings is 1. The van der Waals surface area contributed by atoms with E-state index in [9.17, 15) is 18.0 Å². The first-order chi connectivity index (χ1) is 9.60. The van der Waals surface area contributed by atoms with Crippen LogP contribution in [-0.2, 0) is 4.79 Å².